The number of rotatable bonds is 4. The van der Waals surface area contributed by atoms with Gasteiger partial charge in [-0.05, 0) is 39.3 Å². The number of hydrogen-bond acceptors (Lipinski definition) is 4. The summed E-state index contributed by atoms with van der Waals surface area (Å²) in [7, 11) is 1.30. The fraction of sp³-hybridized carbons (Fsp3) is 0.444. The smallest absolute Gasteiger partial charge is 0.408 e. The third kappa shape index (κ3) is 4.28. The number of carbonyl (C=O) groups excluding carboxylic acids is 2. The highest BCUT2D eigenvalue weighted by atomic mass is 16.6. The second-order valence-corrected chi connectivity index (χ2v) is 6.70. The van der Waals surface area contributed by atoms with Crippen LogP contribution in [0.4, 0.5) is 4.79 Å². The maximum atomic E-state index is 12.1. The first kappa shape index (κ1) is 17.8. The molecule has 24 heavy (non-hydrogen) atoms. The quantitative estimate of drug-likeness (QED) is 0.843. The lowest BCUT2D eigenvalue weighted by Crippen LogP contribution is -2.45. The van der Waals surface area contributed by atoms with Crippen LogP contribution in [-0.4, -0.2) is 35.8 Å². The van der Waals surface area contributed by atoms with Crippen molar-refractivity contribution in [2.24, 2.45) is 0 Å². The Bertz CT molecular complexity index is 743. The summed E-state index contributed by atoms with van der Waals surface area (Å²) in [4.78, 5) is 27.4. The van der Waals surface area contributed by atoms with Gasteiger partial charge in [0, 0.05) is 23.0 Å². The molecule has 2 N–H and O–H groups in total. The number of aromatic amines is 1. The Morgan fingerprint density at radius 2 is 1.92 bits per heavy atom. The van der Waals surface area contributed by atoms with Crippen molar-refractivity contribution in [2.45, 2.75) is 45.8 Å². The highest BCUT2D eigenvalue weighted by Gasteiger charge is 2.26. The van der Waals surface area contributed by atoms with Gasteiger partial charge >= 0.3 is 12.1 Å². The van der Waals surface area contributed by atoms with E-state index in [1.807, 2.05) is 31.2 Å². The van der Waals surface area contributed by atoms with Gasteiger partial charge in [-0.3, -0.25) is 0 Å². The van der Waals surface area contributed by atoms with Gasteiger partial charge in [-0.25, -0.2) is 9.59 Å². The van der Waals surface area contributed by atoms with E-state index in [2.05, 4.69) is 10.3 Å². The predicted octanol–water partition coefficient (Wildman–Crippen LogP) is 3.09. The molecule has 0 unspecified atom stereocenters. The Morgan fingerprint density at radius 3 is 2.54 bits per heavy atom. The Kier molecular flexibility index (Phi) is 5.17. The van der Waals surface area contributed by atoms with Crippen molar-refractivity contribution in [3.05, 3.63) is 35.5 Å². The molecule has 0 aliphatic rings. The first-order valence-corrected chi connectivity index (χ1v) is 7.85. The average molecular weight is 332 g/mol. The minimum absolute atomic E-state index is 0.321. The number of carbonyl (C=O) groups is 2. The normalized spacial score (nSPS) is 12.7. The number of H-pyrrole nitrogens is 1. The van der Waals surface area contributed by atoms with Gasteiger partial charge in [-0.1, -0.05) is 18.2 Å². The molecule has 0 fully saturated rings. The van der Waals surface area contributed by atoms with E-state index in [0.29, 0.717) is 6.42 Å². The topological polar surface area (TPSA) is 80.4 Å². The third-order valence-corrected chi connectivity index (χ3v) is 3.61. The van der Waals surface area contributed by atoms with Crippen molar-refractivity contribution in [1.82, 2.24) is 10.3 Å². The highest BCUT2D eigenvalue weighted by molar-refractivity contribution is 5.87. The fourth-order valence-electron chi connectivity index (χ4n) is 2.59. The van der Waals surface area contributed by atoms with Crippen LogP contribution in [0.15, 0.2) is 24.3 Å². The van der Waals surface area contributed by atoms with Crippen LogP contribution in [0.3, 0.4) is 0 Å². The molecule has 2 aromatic rings. The van der Waals surface area contributed by atoms with E-state index in [-0.39, 0.29) is 0 Å². The zero-order valence-corrected chi connectivity index (χ0v) is 14.7. The molecule has 6 heteroatoms. The summed E-state index contributed by atoms with van der Waals surface area (Å²) in [5.41, 5.74) is 2.28. The molecule has 0 aliphatic heterocycles. The van der Waals surface area contributed by atoms with Gasteiger partial charge in [0.25, 0.3) is 0 Å². The molecular formula is C18H24N2O4. The lowest BCUT2D eigenvalue weighted by atomic mass is 10.0. The van der Waals surface area contributed by atoms with Crippen molar-refractivity contribution >= 4 is 23.0 Å². The molecule has 1 aromatic heterocycles. The fourth-order valence-corrected chi connectivity index (χ4v) is 2.59. The molecule has 0 spiro atoms. The van der Waals surface area contributed by atoms with E-state index in [0.717, 1.165) is 22.2 Å². The van der Waals surface area contributed by atoms with E-state index in [9.17, 15) is 9.59 Å². The number of hydrogen-bond donors (Lipinski definition) is 2. The number of para-hydroxylation sites is 1. The van der Waals surface area contributed by atoms with Crippen molar-refractivity contribution in [3.63, 3.8) is 0 Å². The summed E-state index contributed by atoms with van der Waals surface area (Å²) in [6.45, 7) is 7.24. The summed E-state index contributed by atoms with van der Waals surface area (Å²) in [5.74, 6) is -0.509. The largest absolute Gasteiger partial charge is 0.467 e. The SMILES string of the molecule is COC(=O)[C@H](Cc1c(C)[nH]c2ccccc12)NC(=O)OC(C)(C)C. The number of esters is 1. The molecule has 0 saturated heterocycles. The van der Waals surface area contributed by atoms with Crippen LogP contribution in [-0.2, 0) is 20.7 Å². The number of ether oxygens (including phenoxy) is 2. The molecular weight excluding hydrogens is 308 g/mol. The number of amides is 1. The van der Waals surface area contributed by atoms with E-state index in [1.54, 1.807) is 20.8 Å². The first-order chi connectivity index (χ1) is 11.2. The average Bonchev–Trinajstić information content (AvgIpc) is 2.80. The van der Waals surface area contributed by atoms with Crippen LogP contribution in [0.5, 0.6) is 0 Å². The number of benzene rings is 1. The van der Waals surface area contributed by atoms with Crippen molar-refractivity contribution < 1.29 is 19.1 Å². The zero-order valence-electron chi connectivity index (χ0n) is 14.7. The number of nitrogens with one attached hydrogen (secondary N) is 2. The highest BCUT2D eigenvalue weighted by Crippen LogP contribution is 2.23. The van der Waals surface area contributed by atoms with Crippen LogP contribution in [0.25, 0.3) is 10.9 Å². The van der Waals surface area contributed by atoms with E-state index in [4.69, 9.17) is 9.47 Å². The molecule has 1 amide bonds. The molecule has 1 heterocycles. The first-order valence-electron chi connectivity index (χ1n) is 7.85. The Balaban J connectivity index is 2.24. The minimum Gasteiger partial charge on any atom is -0.467 e. The zero-order chi connectivity index (χ0) is 17.9. The Morgan fingerprint density at radius 1 is 1.25 bits per heavy atom. The molecule has 0 radical (unpaired) electrons. The van der Waals surface area contributed by atoms with Crippen LogP contribution in [0.2, 0.25) is 0 Å². The van der Waals surface area contributed by atoms with Crippen LogP contribution >= 0.6 is 0 Å². The number of aromatic nitrogens is 1. The number of aryl methyl sites for hydroxylation is 1. The van der Waals surface area contributed by atoms with Gasteiger partial charge in [0.15, 0.2) is 0 Å². The second kappa shape index (κ2) is 6.95. The lowest BCUT2D eigenvalue weighted by Gasteiger charge is -2.22. The van der Waals surface area contributed by atoms with Gasteiger partial charge in [0.05, 0.1) is 7.11 Å². The van der Waals surface area contributed by atoms with Gasteiger partial charge in [0.1, 0.15) is 11.6 Å². The summed E-state index contributed by atoms with van der Waals surface area (Å²) in [5, 5.41) is 3.63. The van der Waals surface area contributed by atoms with E-state index < -0.39 is 23.7 Å². The van der Waals surface area contributed by atoms with E-state index in [1.165, 1.54) is 7.11 Å². The van der Waals surface area contributed by atoms with Gasteiger partial charge in [0.2, 0.25) is 0 Å². The van der Waals surface area contributed by atoms with Crippen molar-refractivity contribution in [1.29, 1.82) is 0 Å². The third-order valence-electron chi connectivity index (χ3n) is 3.61. The standard InChI is InChI=1S/C18H24N2O4/c1-11-13(12-8-6-7-9-14(12)19-11)10-15(16(21)23-5)20-17(22)24-18(2,3)4/h6-9,15,19H,10H2,1-5H3,(H,20,22)/t15-/m0/s1. The van der Waals surface area contributed by atoms with Crippen LogP contribution < -0.4 is 5.32 Å². The molecule has 0 bridgehead atoms. The second-order valence-electron chi connectivity index (χ2n) is 6.70. The summed E-state index contributed by atoms with van der Waals surface area (Å²) in [6.07, 6.45) is -0.322. The maximum Gasteiger partial charge on any atom is 0.408 e. The monoisotopic (exact) mass is 332 g/mol. The molecule has 2 rings (SSSR count). The maximum absolute atomic E-state index is 12.1. The predicted molar refractivity (Wildman–Crippen MR) is 91.9 cm³/mol. The minimum atomic E-state index is -0.817. The molecule has 130 valence electrons. The van der Waals surface area contributed by atoms with Gasteiger partial charge in [-0.2, -0.15) is 0 Å². The Labute approximate surface area is 141 Å². The van der Waals surface area contributed by atoms with Crippen molar-refractivity contribution in [3.8, 4) is 0 Å². The number of alkyl carbamates (subject to hydrolysis) is 1. The van der Waals surface area contributed by atoms with Crippen LogP contribution in [0.1, 0.15) is 32.0 Å². The molecule has 6 nitrogen and oxygen atoms in total. The summed E-state index contributed by atoms with van der Waals surface area (Å²) >= 11 is 0. The Hall–Kier alpha value is -2.50. The molecule has 1 atom stereocenters. The number of fused-ring (bicyclic) bond motifs is 1. The van der Waals surface area contributed by atoms with Crippen LogP contribution in [0, 0.1) is 6.92 Å². The van der Waals surface area contributed by atoms with Crippen molar-refractivity contribution in [2.75, 3.05) is 7.11 Å². The summed E-state index contributed by atoms with van der Waals surface area (Å²) < 4.78 is 10.1. The number of methoxy groups -OCH3 is 1. The molecule has 0 saturated carbocycles. The van der Waals surface area contributed by atoms with Gasteiger partial charge in [-0.15, -0.1) is 0 Å². The molecule has 0 aliphatic carbocycles. The molecule has 1 aromatic carbocycles. The summed E-state index contributed by atoms with van der Waals surface area (Å²) in [6, 6.07) is 7.02. The van der Waals surface area contributed by atoms with E-state index >= 15 is 0 Å². The lowest BCUT2D eigenvalue weighted by molar-refractivity contribution is -0.143. The van der Waals surface area contributed by atoms with Gasteiger partial charge < -0.3 is 19.8 Å².